The van der Waals surface area contributed by atoms with Crippen LogP contribution in [0.3, 0.4) is 0 Å². The number of rotatable bonds is 6. The molecule has 20 heavy (non-hydrogen) atoms. The number of aliphatic imine (C=N–C) groups is 1. The van der Waals surface area contributed by atoms with Gasteiger partial charge in [-0.2, -0.15) is 11.8 Å². The molecule has 112 valence electrons. The van der Waals surface area contributed by atoms with Gasteiger partial charge in [0.25, 0.3) is 0 Å². The maximum atomic E-state index is 5.89. The van der Waals surface area contributed by atoms with E-state index in [0.717, 1.165) is 5.69 Å². The highest BCUT2D eigenvalue weighted by Gasteiger charge is 2.15. The van der Waals surface area contributed by atoms with E-state index in [0.29, 0.717) is 24.0 Å². The SMILES string of the molecule is COc1ccc(NC(N)=NCC(C)(C)SC)cc1OC. The smallest absolute Gasteiger partial charge is 0.193 e. The Kier molecular flexibility index (Phi) is 6.01. The zero-order valence-electron chi connectivity index (χ0n) is 12.7. The zero-order valence-corrected chi connectivity index (χ0v) is 13.5. The van der Waals surface area contributed by atoms with Crippen LogP contribution < -0.4 is 20.5 Å². The van der Waals surface area contributed by atoms with E-state index in [2.05, 4.69) is 30.4 Å². The Labute approximate surface area is 124 Å². The summed E-state index contributed by atoms with van der Waals surface area (Å²) in [6, 6.07) is 5.50. The van der Waals surface area contributed by atoms with Crippen LogP contribution in [-0.4, -0.2) is 37.7 Å². The van der Waals surface area contributed by atoms with E-state index in [-0.39, 0.29) is 4.75 Å². The summed E-state index contributed by atoms with van der Waals surface area (Å²) in [5.41, 5.74) is 6.70. The van der Waals surface area contributed by atoms with E-state index in [1.54, 1.807) is 26.0 Å². The topological polar surface area (TPSA) is 68.9 Å². The lowest BCUT2D eigenvalue weighted by Crippen LogP contribution is -2.27. The van der Waals surface area contributed by atoms with Gasteiger partial charge in [-0.1, -0.05) is 0 Å². The monoisotopic (exact) mass is 297 g/mol. The maximum Gasteiger partial charge on any atom is 0.193 e. The molecule has 0 aromatic heterocycles. The average Bonchev–Trinajstić information content (AvgIpc) is 2.45. The molecule has 0 aliphatic carbocycles. The third-order valence-corrected chi connectivity index (χ3v) is 4.07. The number of hydrogen-bond donors (Lipinski definition) is 2. The van der Waals surface area contributed by atoms with Crippen molar-refractivity contribution in [3.63, 3.8) is 0 Å². The number of hydrogen-bond acceptors (Lipinski definition) is 4. The Morgan fingerprint density at radius 3 is 2.50 bits per heavy atom. The fourth-order valence-electron chi connectivity index (χ4n) is 1.44. The van der Waals surface area contributed by atoms with Crippen LogP contribution in [0.15, 0.2) is 23.2 Å². The molecule has 0 aliphatic heterocycles. The van der Waals surface area contributed by atoms with E-state index in [1.807, 2.05) is 18.2 Å². The van der Waals surface area contributed by atoms with Crippen LogP contribution in [-0.2, 0) is 0 Å². The molecule has 0 atom stereocenters. The molecular weight excluding hydrogens is 274 g/mol. The quantitative estimate of drug-likeness (QED) is 0.624. The Balaban J connectivity index is 2.75. The molecule has 0 heterocycles. The summed E-state index contributed by atoms with van der Waals surface area (Å²) in [5.74, 6) is 1.71. The number of nitrogens with one attached hydrogen (secondary N) is 1. The summed E-state index contributed by atoms with van der Waals surface area (Å²) in [4.78, 5) is 4.35. The molecule has 0 spiro atoms. The second-order valence-corrected chi connectivity index (χ2v) is 6.37. The Morgan fingerprint density at radius 1 is 1.30 bits per heavy atom. The number of methoxy groups -OCH3 is 2. The van der Waals surface area contributed by atoms with E-state index in [9.17, 15) is 0 Å². The van der Waals surface area contributed by atoms with E-state index < -0.39 is 0 Å². The van der Waals surface area contributed by atoms with Gasteiger partial charge in [0.1, 0.15) is 0 Å². The summed E-state index contributed by atoms with van der Waals surface area (Å²) in [6.07, 6.45) is 2.06. The first-order chi connectivity index (χ1) is 9.41. The summed E-state index contributed by atoms with van der Waals surface area (Å²) in [7, 11) is 3.20. The first-order valence-corrected chi connectivity index (χ1v) is 7.48. The average molecular weight is 297 g/mol. The van der Waals surface area contributed by atoms with Crippen molar-refractivity contribution >= 4 is 23.4 Å². The summed E-state index contributed by atoms with van der Waals surface area (Å²) in [6.45, 7) is 4.91. The van der Waals surface area contributed by atoms with Crippen LogP contribution in [0.1, 0.15) is 13.8 Å². The molecule has 0 saturated carbocycles. The Morgan fingerprint density at radius 2 is 1.95 bits per heavy atom. The van der Waals surface area contributed by atoms with Crippen LogP contribution in [0.2, 0.25) is 0 Å². The van der Waals surface area contributed by atoms with Gasteiger partial charge in [0.05, 0.1) is 20.8 Å². The summed E-state index contributed by atoms with van der Waals surface area (Å²) < 4.78 is 10.5. The number of guanidine groups is 1. The standard InChI is InChI=1S/C14H23N3O2S/c1-14(2,20-5)9-16-13(15)17-10-6-7-11(18-3)12(8-10)19-4/h6-8H,9H2,1-5H3,(H3,15,16,17). The van der Waals surface area contributed by atoms with Crippen molar-refractivity contribution in [2.24, 2.45) is 10.7 Å². The van der Waals surface area contributed by atoms with Gasteiger partial charge in [-0.05, 0) is 32.2 Å². The minimum atomic E-state index is 0.0733. The molecule has 3 N–H and O–H groups in total. The van der Waals surface area contributed by atoms with Gasteiger partial charge in [0.15, 0.2) is 17.5 Å². The number of nitrogens with two attached hydrogens (primary N) is 1. The van der Waals surface area contributed by atoms with Gasteiger partial charge in [-0.25, -0.2) is 0 Å². The predicted octanol–water partition coefficient (Wildman–Crippen LogP) is 2.57. The van der Waals surface area contributed by atoms with Crippen LogP contribution in [0.5, 0.6) is 11.5 Å². The largest absolute Gasteiger partial charge is 0.493 e. The second-order valence-electron chi connectivity index (χ2n) is 4.86. The number of nitrogens with zero attached hydrogens (tertiary/aromatic N) is 1. The fourth-order valence-corrected chi connectivity index (χ4v) is 1.64. The highest BCUT2D eigenvalue weighted by molar-refractivity contribution is 7.99. The number of anilines is 1. The molecule has 0 amide bonds. The first kappa shape index (κ1) is 16.5. The summed E-state index contributed by atoms with van der Waals surface area (Å²) in [5, 5.41) is 3.05. The van der Waals surface area contributed by atoms with Crippen molar-refractivity contribution in [2.45, 2.75) is 18.6 Å². The lowest BCUT2D eigenvalue weighted by molar-refractivity contribution is 0.355. The number of benzene rings is 1. The molecule has 0 saturated heterocycles. The van der Waals surface area contributed by atoms with Gasteiger partial charge in [0.2, 0.25) is 0 Å². The molecule has 0 bridgehead atoms. The lowest BCUT2D eigenvalue weighted by Gasteiger charge is -2.19. The molecule has 6 heteroatoms. The Bertz CT molecular complexity index is 475. The molecule has 0 radical (unpaired) electrons. The predicted molar refractivity (Wildman–Crippen MR) is 87.3 cm³/mol. The van der Waals surface area contributed by atoms with Crippen molar-refractivity contribution in [3.8, 4) is 11.5 Å². The van der Waals surface area contributed by atoms with Gasteiger partial charge < -0.3 is 20.5 Å². The molecule has 0 aliphatic rings. The van der Waals surface area contributed by atoms with Gasteiger partial charge in [-0.3, -0.25) is 4.99 Å². The third-order valence-electron chi connectivity index (χ3n) is 2.84. The van der Waals surface area contributed by atoms with Gasteiger partial charge in [0, 0.05) is 16.5 Å². The molecule has 0 fully saturated rings. The fraction of sp³-hybridized carbons (Fsp3) is 0.500. The second kappa shape index (κ2) is 7.28. The van der Waals surface area contributed by atoms with Crippen molar-refractivity contribution < 1.29 is 9.47 Å². The lowest BCUT2D eigenvalue weighted by atomic mass is 10.2. The molecule has 1 aromatic rings. The molecule has 0 unspecified atom stereocenters. The molecular formula is C14H23N3O2S. The maximum absolute atomic E-state index is 5.89. The van der Waals surface area contributed by atoms with E-state index in [1.165, 1.54) is 0 Å². The molecule has 1 aromatic carbocycles. The van der Waals surface area contributed by atoms with Crippen LogP contribution in [0.25, 0.3) is 0 Å². The zero-order chi connectivity index (χ0) is 15.2. The van der Waals surface area contributed by atoms with Crippen LogP contribution in [0.4, 0.5) is 5.69 Å². The van der Waals surface area contributed by atoms with E-state index >= 15 is 0 Å². The van der Waals surface area contributed by atoms with Crippen molar-refractivity contribution in [3.05, 3.63) is 18.2 Å². The van der Waals surface area contributed by atoms with Crippen molar-refractivity contribution in [1.29, 1.82) is 0 Å². The minimum absolute atomic E-state index is 0.0733. The number of ether oxygens (including phenoxy) is 2. The highest BCUT2D eigenvalue weighted by Crippen LogP contribution is 2.29. The Hall–Kier alpha value is -1.56. The summed E-state index contributed by atoms with van der Waals surface area (Å²) >= 11 is 1.76. The molecule has 5 nitrogen and oxygen atoms in total. The van der Waals surface area contributed by atoms with Gasteiger partial charge >= 0.3 is 0 Å². The highest BCUT2D eigenvalue weighted by atomic mass is 32.2. The van der Waals surface area contributed by atoms with Crippen LogP contribution in [0, 0.1) is 0 Å². The minimum Gasteiger partial charge on any atom is -0.493 e. The van der Waals surface area contributed by atoms with Crippen molar-refractivity contribution in [2.75, 3.05) is 32.3 Å². The normalized spacial score (nSPS) is 12.2. The van der Waals surface area contributed by atoms with Crippen molar-refractivity contribution in [1.82, 2.24) is 0 Å². The first-order valence-electron chi connectivity index (χ1n) is 6.26. The van der Waals surface area contributed by atoms with E-state index in [4.69, 9.17) is 15.2 Å². The number of thioether (sulfide) groups is 1. The molecule has 1 rings (SSSR count). The third kappa shape index (κ3) is 4.85. The van der Waals surface area contributed by atoms with Gasteiger partial charge in [-0.15, -0.1) is 0 Å². The van der Waals surface area contributed by atoms with Crippen LogP contribution >= 0.6 is 11.8 Å².